The lowest BCUT2D eigenvalue weighted by Gasteiger charge is -1.98. The maximum Gasteiger partial charge on any atom is 0.358 e. The summed E-state index contributed by atoms with van der Waals surface area (Å²) in [6, 6.07) is 4.78. The molecule has 0 aliphatic heterocycles. The predicted molar refractivity (Wildman–Crippen MR) is 67.1 cm³/mol. The van der Waals surface area contributed by atoms with Gasteiger partial charge in [-0.2, -0.15) is 9.61 Å². The third-order valence-corrected chi connectivity index (χ3v) is 2.67. The molecule has 0 radical (unpaired) electrons. The molecule has 96 valence electrons. The van der Waals surface area contributed by atoms with Gasteiger partial charge in [0.25, 0.3) is 5.56 Å². The average Bonchev–Trinajstić information content (AvgIpc) is 2.83. The first-order chi connectivity index (χ1) is 9.20. The Labute approximate surface area is 106 Å². The van der Waals surface area contributed by atoms with Crippen molar-refractivity contribution >= 4 is 22.6 Å². The highest BCUT2D eigenvalue weighted by molar-refractivity contribution is 5.89. The Balaban J connectivity index is 2.31. The van der Waals surface area contributed by atoms with Crippen LogP contribution in [0.5, 0.6) is 0 Å². The van der Waals surface area contributed by atoms with Crippen LogP contribution >= 0.6 is 0 Å². The lowest BCUT2D eigenvalue weighted by Crippen LogP contribution is -2.11. The minimum Gasteiger partial charge on any atom is -0.461 e. The topological polar surface area (TPSA) is 89.4 Å². The van der Waals surface area contributed by atoms with E-state index in [1.54, 1.807) is 25.3 Å². The molecule has 0 amide bonds. The number of nitrogens with zero attached hydrogens (tertiary/aromatic N) is 3. The molecule has 3 aromatic heterocycles. The van der Waals surface area contributed by atoms with Gasteiger partial charge in [0.15, 0.2) is 11.3 Å². The zero-order chi connectivity index (χ0) is 13.4. The van der Waals surface area contributed by atoms with Crippen molar-refractivity contribution < 1.29 is 9.53 Å². The van der Waals surface area contributed by atoms with Crippen molar-refractivity contribution in [2.45, 2.75) is 6.92 Å². The first-order valence-corrected chi connectivity index (χ1v) is 5.74. The van der Waals surface area contributed by atoms with Gasteiger partial charge in [0.2, 0.25) is 0 Å². The van der Waals surface area contributed by atoms with Gasteiger partial charge in [-0.05, 0) is 19.1 Å². The smallest absolute Gasteiger partial charge is 0.358 e. The van der Waals surface area contributed by atoms with Gasteiger partial charge in [-0.3, -0.25) is 4.79 Å². The maximum atomic E-state index is 11.8. The number of aromatic amines is 1. The molecule has 7 heteroatoms. The lowest BCUT2D eigenvalue weighted by atomic mass is 10.3. The van der Waals surface area contributed by atoms with Crippen molar-refractivity contribution in [3.63, 3.8) is 0 Å². The quantitative estimate of drug-likeness (QED) is 0.685. The van der Waals surface area contributed by atoms with Crippen LogP contribution in [0.25, 0.3) is 16.7 Å². The van der Waals surface area contributed by atoms with E-state index in [4.69, 9.17) is 4.74 Å². The molecule has 3 aromatic rings. The van der Waals surface area contributed by atoms with Crippen molar-refractivity contribution in [1.29, 1.82) is 0 Å². The molecule has 0 unspecified atom stereocenters. The molecular weight excluding hydrogens is 248 g/mol. The van der Waals surface area contributed by atoms with Crippen LogP contribution in [0, 0.1) is 0 Å². The summed E-state index contributed by atoms with van der Waals surface area (Å²) < 4.78 is 6.29. The fourth-order valence-corrected chi connectivity index (χ4v) is 1.86. The zero-order valence-electron chi connectivity index (χ0n) is 10.1. The second kappa shape index (κ2) is 4.20. The van der Waals surface area contributed by atoms with Gasteiger partial charge in [0.05, 0.1) is 12.0 Å². The van der Waals surface area contributed by atoms with Gasteiger partial charge >= 0.3 is 5.97 Å². The summed E-state index contributed by atoms with van der Waals surface area (Å²) in [5.41, 5.74) is 0.664. The van der Waals surface area contributed by atoms with Crippen LogP contribution in [0.15, 0.2) is 29.2 Å². The van der Waals surface area contributed by atoms with Gasteiger partial charge in [-0.1, -0.05) is 0 Å². The molecule has 7 nitrogen and oxygen atoms in total. The Hall–Kier alpha value is -2.70. The molecule has 3 heterocycles. The number of hydrogen-bond acceptors (Lipinski definition) is 5. The fourth-order valence-electron chi connectivity index (χ4n) is 1.86. The third kappa shape index (κ3) is 1.75. The Morgan fingerprint density at radius 3 is 3.16 bits per heavy atom. The van der Waals surface area contributed by atoms with Crippen molar-refractivity contribution in [1.82, 2.24) is 19.6 Å². The van der Waals surface area contributed by atoms with Crippen LogP contribution in [-0.2, 0) is 4.74 Å². The van der Waals surface area contributed by atoms with Crippen LogP contribution in [0.1, 0.15) is 17.4 Å². The number of hydrogen-bond donors (Lipinski definition) is 1. The number of carbonyl (C=O) groups excluding carboxylic acids is 1. The van der Waals surface area contributed by atoms with Crippen LogP contribution < -0.4 is 5.56 Å². The van der Waals surface area contributed by atoms with E-state index in [1.807, 2.05) is 0 Å². The van der Waals surface area contributed by atoms with E-state index in [0.29, 0.717) is 16.7 Å². The molecule has 0 saturated heterocycles. The summed E-state index contributed by atoms with van der Waals surface area (Å²) in [7, 11) is 0. The van der Waals surface area contributed by atoms with Crippen LogP contribution in [0.3, 0.4) is 0 Å². The fraction of sp³-hybridized carbons (Fsp3) is 0.167. The molecular formula is C12H10N4O3. The summed E-state index contributed by atoms with van der Waals surface area (Å²) in [6.45, 7) is 1.98. The minimum atomic E-state index is -0.531. The summed E-state index contributed by atoms with van der Waals surface area (Å²) in [6.07, 6.45) is 1.56. The van der Waals surface area contributed by atoms with E-state index in [0.717, 1.165) is 0 Å². The van der Waals surface area contributed by atoms with Crippen molar-refractivity contribution in [2.75, 3.05) is 6.61 Å². The molecule has 0 bridgehead atoms. The van der Waals surface area contributed by atoms with E-state index >= 15 is 0 Å². The number of ether oxygens (including phenoxy) is 1. The van der Waals surface area contributed by atoms with Gasteiger partial charge in [-0.25, -0.2) is 9.78 Å². The molecule has 0 aliphatic rings. The molecule has 0 saturated carbocycles. The molecule has 19 heavy (non-hydrogen) atoms. The van der Waals surface area contributed by atoms with Gasteiger partial charge < -0.3 is 9.72 Å². The van der Waals surface area contributed by atoms with E-state index in [-0.39, 0.29) is 17.9 Å². The number of nitrogens with one attached hydrogen (secondary N) is 1. The standard InChI is InChI=1S/C12H10N4O3/c1-2-19-12(18)8-6-9-14-11(17)7-4-3-5-13-10(7)16(9)15-8/h3-6H,2H2,1H3,(H,14,17). The van der Waals surface area contributed by atoms with Gasteiger partial charge in [0.1, 0.15) is 5.65 Å². The highest BCUT2D eigenvalue weighted by atomic mass is 16.5. The molecule has 0 fully saturated rings. The van der Waals surface area contributed by atoms with Gasteiger partial charge in [-0.15, -0.1) is 0 Å². The van der Waals surface area contributed by atoms with E-state index < -0.39 is 5.97 Å². The summed E-state index contributed by atoms with van der Waals surface area (Å²) in [4.78, 5) is 30.2. The lowest BCUT2D eigenvalue weighted by molar-refractivity contribution is 0.0519. The first kappa shape index (κ1) is 11.4. The number of H-pyrrole nitrogens is 1. The number of carbonyl (C=O) groups is 1. The number of rotatable bonds is 2. The molecule has 0 aliphatic carbocycles. The maximum absolute atomic E-state index is 11.8. The Morgan fingerprint density at radius 1 is 1.53 bits per heavy atom. The first-order valence-electron chi connectivity index (χ1n) is 5.74. The zero-order valence-corrected chi connectivity index (χ0v) is 10.1. The molecule has 0 atom stereocenters. The molecule has 3 rings (SSSR count). The Morgan fingerprint density at radius 2 is 2.37 bits per heavy atom. The summed E-state index contributed by atoms with van der Waals surface area (Å²) in [5, 5.41) is 4.52. The molecule has 1 N–H and O–H groups in total. The van der Waals surface area contributed by atoms with E-state index in [9.17, 15) is 9.59 Å². The predicted octanol–water partition coefficient (Wildman–Crippen LogP) is 0.747. The Kier molecular flexibility index (Phi) is 2.52. The number of esters is 1. The van der Waals surface area contributed by atoms with Crippen LogP contribution in [0.4, 0.5) is 0 Å². The third-order valence-electron chi connectivity index (χ3n) is 2.67. The molecule has 0 spiro atoms. The highest BCUT2D eigenvalue weighted by Crippen LogP contribution is 2.10. The molecule has 0 aromatic carbocycles. The van der Waals surface area contributed by atoms with Gasteiger partial charge in [0, 0.05) is 12.3 Å². The Bertz CT molecular complexity index is 834. The number of pyridine rings is 1. The minimum absolute atomic E-state index is 0.135. The SMILES string of the molecule is CCOC(=O)c1cc2[nH]c(=O)c3cccnc3n2n1. The monoisotopic (exact) mass is 258 g/mol. The second-order valence-corrected chi connectivity index (χ2v) is 3.88. The normalized spacial score (nSPS) is 11.0. The largest absolute Gasteiger partial charge is 0.461 e. The van der Waals surface area contributed by atoms with Crippen LogP contribution in [0.2, 0.25) is 0 Å². The van der Waals surface area contributed by atoms with E-state index in [2.05, 4.69) is 15.1 Å². The highest BCUT2D eigenvalue weighted by Gasteiger charge is 2.14. The number of aromatic nitrogens is 4. The second-order valence-electron chi connectivity index (χ2n) is 3.88. The summed E-state index contributed by atoms with van der Waals surface area (Å²) in [5.74, 6) is -0.531. The number of fused-ring (bicyclic) bond motifs is 3. The average molecular weight is 258 g/mol. The van der Waals surface area contributed by atoms with Crippen molar-refractivity contribution in [3.8, 4) is 0 Å². The summed E-state index contributed by atoms with van der Waals surface area (Å²) >= 11 is 0. The van der Waals surface area contributed by atoms with E-state index in [1.165, 1.54) is 10.6 Å². The van der Waals surface area contributed by atoms with Crippen molar-refractivity contribution in [3.05, 3.63) is 40.4 Å². The van der Waals surface area contributed by atoms with Crippen LogP contribution in [-0.4, -0.2) is 32.2 Å². The van der Waals surface area contributed by atoms with Crippen molar-refractivity contribution in [2.24, 2.45) is 0 Å².